The standard InChI is InChI=1S/C15H16BrCl2NO3/c16-12-4-3-11(22-14(20)19-5-1-2-6-19)7-13(12)21-9-10-8-15(10,17)18/h3-4,7,10H,1-2,5-6,8-9H2. The van der Waals surface area contributed by atoms with Gasteiger partial charge < -0.3 is 14.4 Å². The van der Waals surface area contributed by atoms with Gasteiger partial charge in [-0.1, -0.05) is 0 Å². The summed E-state index contributed by atoms with van der Waals surface area (Å²) in [5.41, 5.74) is 0. The highest BCUT2D eigenvalue weighted by Gasteiger charge is 2.52. The number of rotatable bonds is 4. The van der Waals surface area contributed by atoms with Crippen LogP contribution in [0.1, 0.15) is 19.3 Å². The van der Waals surface area contributed by atoms with Gasteiger partial charge in [-0.05, 0) is 47.3 Å². The maximum atomic E-state index is 12.0. The lowest BCUT2D eigenvalue weighted by molar-refractivity contribution is 0.162. The van der Waals surface area contributed by atoms with Crippen molar-refractivity contribution in [3.63, 3.8) is 0 Å². The Balaban J connectivity index is 1.60. The van der Waals surface area contributed by atoms with Crippen LogP contribution in [-0.2, 0) is 0 Å². The van der Waals surface area contributed by atoms with Crippen molar-refractivity contribution in [3.05, 3.63) is 22.7 Å². The van der Waals surface area contributed by atoms with Gasteiger partial charge in [-0.15, -0.1) is 23.2 Å². The Bertz CT molecular complexity index is 576. The summed E-state index contributed by atoms with van der Waals surface area (Å²) in [7, 11) is 0. The van der Waals surface area contributed by atoms with E-state index in [4.69, 9.17) is 32.7 Å². The monoisotopic (exact) mass is 407 g/mol. The number of benzene rings is 1. The summed E-state index contributed by atoms with van der Waals surface area (Å²) < 4.78 is 11.2. The third-order valence-electron chi connectivity index (χ3n) is 3.87. The number of hydrogen-bond donors (Lipinski definition) is 0. The quantitative estimate of drug-likeness (QED) is 0.682. The Labute approximate surface area is 147 Å². The van der Waals surface area contributed by atoms with Crippen molar-refractivity contribution >= 4 is 45.2 Å². The molecule has 7 heteroatoms. The van der Waals surface area contributed by atoms with Crippen molar-refractivity contribution in [2.45, 2.75) is 23.6 Å². The zero-order valence-corrected chi connectivity index (χ0v) is 15.0. The van der Waals surface area contributed by atoms with E-state index in [1.165, 1.54) is 0 Å². The topological polar surface area (TPSA) is 38.8 Å². The van der Waals surface area contributed by atoms with Crippen molar-refractivity contribution in [2.75, 3.05) is 19.7 Å². The number of halogens is 3. The van der Waals surface area contributed by atoms with E-state index >= 15 is 0 Å². The number of likely N-dealkylation sites (tertiary alicyclic amines) is 1. The molecule has 0 N–H and O–H groups in total. The van der Waals surface area contributed by atoms with Crippen LogP contribution in [-0.4, -0.2) is 35.0 Å². The molecule has 0 spiro atoms. The maximum absolute atomic E-state index is 12.0. The number of carbonyl (C=O) groups excluding carboxylic acids is 1. The molecule has 3 rings (SSSR count). The summed E-state index contributed by atoms with van der Waals surface area (Å²) in [6.45, 7) is 1.96. The van der Waals surface area contributed by atoms with Crippen LogP contribution in [0.4, 0.5) is 4.79 Å². The summed E-state index contributed by atoms with van der Waals surface area (Å²) in [5.74, 6) is 1.22. The first kappa shape index (κ1) is 16.2. The van der Waals surface area contributed by atoms with E-state index in [9.17, 15) is 4.79 Å². The Morgan fingerprint density at radius 2 is 2.05 bits per heavy atom. The molecule has 1 unspecified atom stereocenters. The fraction of sp³-hybridized carbons (Fsp3) is 0.533. The lowest BCUT2D eigenvalue weighted by Gasteiger charge is -2.15. The van der Waals surface area contributed by atoms with E-state index in [2.05, 4.69) is 15.9 Å². The Hall–Kier alpha value is -0.650. The third-order valence-corrected chi connectivity index (χ3v) is 5.45. The minimum absolute atomic E-state index is 0.138. The van der Waals surface area contributed by atoms with Crippen LogP contribution in [0.5, 0.6) is 11.5 Å². The highest BCUT2D eigenvalue weighted by Crippen LogP contribution is 2.53. The molecular formula is C15H16BrCl2NO3. The molecule has 120 valence electrons. The highest BCUT2D eigenvalue weighted by atomic mass is 79.9. The molecule has 1 aromatic carbocycles. The first-order chi connectivity index (χ1) is 10.5. The van der Waals surface area contributed by atoms with Gasteiger partial charge >= 0.3 is 6.09 Å². The second-order valence-corrected chi connectivity index (χ2v) is 8.02. The molecule has 0 bridgehead atoms. The number of amides is 1. The van der Waals surface area contributed by atoms with Crippen LogP contribution in [0.3, 0.4) is 0 Å². The Morgan fingerprint density at radius 3 is 2.68 bits per heavy atom. The molecule has 1 heterocycles. The SMILES string of the molecule is O=C(Oc1ccc(Br)c(OCC2CC2(Cl)Cl)c1)N1CCCC1. The van der Waals surface area contributed by atoms with E-state index in [0.717, 1.165) is 36.8 Å². The fourth-order valence-corrected chi connectivity index (χ4v) is 3.22. The number of ether oxygens (including phenoxy) is 2. The number of hydrogen-bond acceptors (Lipinski definition) is 3. The molecule has 2 fully saturated rings. The molecule has 1 amide bonds. The predicted molar refractivity (Wildman–Crippen MR) is 89.0 cm³/mol. The minimum Gasteiger partial charge on any atom is -0.492 e. The van der Waals surface area contributed by atoms with Gasteiger partial charge in [0.1, 0.15) is 15.8 Å². The van der Waals surface area contributed by atoms with Gasteiger partial charge in [0.25, 0.3) is 0 Å². The van der Waals surface area contributed by atoms with Crippen molar-refractivity contribution < 1.29 is 14.3 Å². The molecule has 0 aromatic heterocycles. The molecule has 1 atom stereocenters. The van der Waals surface area contributed by atoms with Gasteiger partial charge in [0.05, 0.1) is 11.1 Å². The third kappa shape index (κ3) is 3.81. The summed E-state index contributed by atoms with van der Waals surface area (Å²) in [5, 5.41) is 0. The Morgan fingerprint density at radius 1 is 1.36 bits per heavy atom. The molecule has 0 radical (unpaired) electrons. The molecule has 1 saturated carbocycles. The number of alkyl halides is 2. The summed E-state index contributed by atoms with van der Waals surface area (Å²) in [6.07, 6.45) is 2.48. The van der Waals surface area contributed by atoms with Crippen LogP contribution in [0.25, 0.3) is 0 Å². The maximum Gasteiger partial charge on any atom is 0.415 e. The highest BCUT2D eigenvalue weighted by molar-refractivity contribution is 9.10. The van der Waals surface area contributed by atoms with E-state index in [1.54, 1.807) is 23.1 Å². The Kier molecular flexibility index (Phi) is 4.76. The van der Waals surface area contributed by atoms with Gasteiger partial charge in [-0.3, -0.25) is 0 Å². The molecule has 1 aromatic rings. The van der Waals surface area contributed by atoms with Gasteiger partial charge in [0, 0.05) is 25.1 Å². The molecule has 4 nitrogen and oxygen atoms in total. The van der Waals surface area contributed by atoms with E-state index < -0.39 is 4.33 Å². The van der Waals surface area contributed by atoms with Gasteiger partial charge in [0.2, 0.25) is 0 Å². The summed E-state index contributed by atoms with van der Waals surface area (Å²) >= 11 is 15.4. The molecule has 1 aliphatic carbocycles. The molecule has 22 heavy (non-hydrogen) atoms. The van der Waals surface area contributed by atoms with E-state index in [-0.39, 0.29) is 12.0 Å². The zero-order chi connectivity index (χ0) is 15.7. The smallest absolute Gasteiger partial charge is 0.415 e. The van der Waals surface area contributed by atoms with Crippen LogP contribution in [0, 0.1) is 5.92 Å². The molecule has 1 aliphatic heterocycles. The lowest BCUT2D eigenvalue weighted by Crippen LogP contribution is -2.30. The second kappa shape index (κ2) is 6.46. The number of carbonyl (C=O) groups is 1. The first-order valence-corrected chi connectivity index (χ1v) is 8.77. The second-order valence-electron chi connectivity index (χ2n) is 5.63. The van der Waals surface area contributed by atoms with Crippen molar-refractivity contribution in [1.29, 1.82) is 0 Å². The predicted octanol–water partition coefficient (Wildman–Crippen LogP) is 4.62. The average Bonchev–Trinajstić information content (AvgIpc) is 2.91. The molecule has 1 saturated heterocycles. The largest absolute Gasteiger partial charge is 0.492 e. The first-order valence-electron chi connectivity index (χ1n) is 7.22. The lowest BCUT2D eigenvalue weighted by atomic mass is 10.3. The van der Waals surface area contributed by atoms with Crippen LogP contribution in [0.2, 0.25) is 0 Å². The van der Waals surface area contributed by atoms with Crippen LogP contribution in [0.15, 0.2) is 22.7 Å². The van der Waals surface area contributed by atoms with E-state index in [0.29, 0.717) is 18.1 Å². The minimum atomic E-state index is -0.660. The normalized spacial score (nSPS) is 22.5. The van der Waals surface area contributed by atoms with Crippen LogP contribution < -0.4 is 9.47 Å². The van der Waals surface area contributed by atoms with Gasteiger partial charge in [-0.2, -0.15) is 0 Å². The zero-order valence-electron chi connectivity index (χ0n) is 11.9. The van der Waals surface area contributed by atoms with Gasteiger partial charge in [0.15, 0.2) is 0 Å². The number of nitrogens with zero attached hydrogens (tertiary/aromatic N) is 1. The molecular weight excluding hydrogens is 393 g/mol. The van der Waals surface area contributed by atoms with Crippen molar-refractivity contribution in [3.8, 4) is 11.5 Å². The molecule has 2 aliphatic rings. The summed E-state index contributed by atoms with van der Waals surface area (Å²) in [4.78, 5) is 13.7. The van der Waals surface area contributed by atoms with E-state index in [1.807, 2.05) is 0 Å². The van der Waals surface area contributed by atoms with Crippen molar-refractivity contribution in [1.82, 2.24) is 4.90 Å². The van der Waals surface area contributed by atoms with Crippen molar-refractivity contribution in [2.24, 2.45) is 5.92 Å². The fourth-order valence-electron chi connectivity index (χ4n) is 2.36. The average molecular weight is 409 g/mol. The van der Waals surface area contributed by atoms with Crippen LogP contribution >= 0.6 is 39.1 Å². The summed E-state index contributed by atoms with van der Waals surface area (Å²) in [6, 6.07) is 5.23. The van der Waals surface area contributed by atoms with Gasteiger partial charge in [-0.25, -0.2) is 4.79 Å².